The Labute approximate surface area is 342 Å². The molecule has 0 radical (unpaired) electrons. The fourth-order valence-electron chi connectivity index (χ4n) is 6.98. The summed E-state index contributed by atoms with van der Waals surface area (Å²) in [5, 5.41) is 13.8. The number of unbranched alkanes of at least 4 members (excludes halogenated alkanes) is 30. The van der Waals surface area contributed by atoms with Crippen LogP contribution in [0.5, 0.6) is 0 Å². The molecule has 1 amide bonds. The van der Waals surface area contributed by atoms with Crippen LogP contribution in [-0.2, 0) is 18.4 Å². The molecule has 0 aliphatic heterocycles. The highest BCUT2D eigenvalue weighted by molar-refractivity contribution is 7.47. The molecular formula is C46H94N2O6P+. The standard InChI is InChI=1S/C46H93N2O6P/c1-6-8-10-12-14-16-18-20-21-22-23-24-25-26-27-28-30-32-34-36-38-40-46(50)47-44(43-54-55(51,52)53-42-41-48(3,4)5)45(49)39-37-35-33-31-29-19-17-15-13-11-9-7-2/h37,39,44-45,49H,6-36,38,40-43H2,1-5H3,(H-,47,50,51,52)/p+1/b39-37+. The van der Waals surface area contributed by atoms with E-state index in [4.69, 9.17) is 9.05 Å². The largest absolute Gasteiger partial charge is 0.472 e. The highest BCUT2D eigenvalue weighted by Gasteiger charge is 2.27. The molecule has 0 bridgehead atoms. The molecule has 0 saturated carbocycles. The summed E-state index contributed by atoms with van der Waals surface area (Å²) in [6.45, 7) is 4.83. The lowest BCUT2D eigenvalue weighted by Gasteiger charge is -2.25. The van der Waals surface area contributed by atoms with Crippen LogP contribution in [0.4, 0.5) is 0 Å². The lowest BCUT2D eigenvalue weighted by Crippen LogP contribution is -2.45. The summed E-state index contributed by atoms with van der Waals surface area (Å²) in [7, 11) is 1.58. The number of hydrogen-bond acceptors (Lipinski definition) is 5. The Morgan fingerprint density at radius 3 is 1.35 bits per heavy atom. The van der Waals surface area contributed by atoms with Crippen molar-refractivity contribution in [1.82, 2.24) is 5.32 Å². The zero-order valence-corrected chi connectivity index (χ0v) is 38.1. The van der Waals surface area contributed by atoms with Gasteiger partial charge in [0, 0.05) is 6.42 Å². The monoisotopic (exact) mass is 802 g/mol. The number of amides is 1. The summed E-state index contributed by atoms with van der Waals surface area (Å²) in [4.78, 5) is 23.1. The molecule has 0 rings (SSSR count). The van der Waals surface area contributed by atoms with Gasteiger partial charge in [0.25, 0.3) is 0 Å². The molecule has 0 aliphatic rings. The minimum absolute atomic E-state index is 0.0646. The topological polar surface area (TPSA) is 105 Å². The van der Waals surface area contributed by atoms with Crippen molar-refractivity contribution >= 4 is 13.7 Å². The van der Waals surface area contributed by atoms with Crippen LogP contribution in [0.2, 0.25) is 0 Å². The molecule has 55 heavy (non-hydrogen) atoms. The lowest BCUT2D eigenvalue weighted by molar-refractivity contribution is -0.870. The van der Waals surface area contributed by atoms with E-state index in [2.05, 4.69) is 19.2 Å². The van der Waals surface area contributed by atoms with Crippen LogP contribution in [0.3, 0.4) is 0 Å². The third kappa shape index (κ3) is 41.2. The van der Waals surface area contributed by atoms with E-state index in [1.807, 2.05) is 27.2 Å². The Kier molecular flexibility index (Phi) is 38.2. The summed E-state index contributed by atoms with van der Waals surface area (Å²) < 4.78 is 23.6. The number of quaternary nitrogens is 1. The van der Waals surface area contributed by atoms with Gasteiger partial charge in [-0.05, 0) is 19.3 Å². The number of carbonyl (C=O) groups excluding carboxylic acids is 1. The predicted octanol–water partition coefficient (Wildman–Crippen LogP) is 13.1. The zero-order chi connectivity index (χ0) is 40.7. The third-order valence-electron chi connectivity index (χ3n) is 10.8. The Hall–Kier alpha value is -0.760. The van der Waals surface area contributed by atoms with E-state index in [1.54, 1.807) is 6.08 Å². The predicted molar refractivity (Wildman–Crippen MR) is 235 cm³/mol. The number of rotatable bonds is 43. The first-order valence-corrected chi connectivity index (χ1v) is 25.1. The van der Waals surface area contributed by atoms with Gasteiger partial charge >= 0.3 is 7.82 Å². The van der Waals surface area contributed by atoms with E-state index in [1.165, 1.54) is 167 Å². The van der Waals surface area contributed by atoms with Gasteiger partial charge in [0.05, 0.1) is 39.9 Å². The fourth-order valence-corrected chi connectivity index (χ4v) is 7.72. The number of hydrogen-bond donors (Lipinski definition) is 3. The quantitative estimate of drug-likeness (QED) is 0.0245. The normalized spacial score (nSPS) is 14.4. The molecule has 0 saturated heterocycles. The number of aliphatic hydroxyl groups is 1. The summed E-state index contributed by atoms with van der Waals surface area (Å²) in [5.41, 5.74) is 0. The van der Waals surface area contributed by atoms with E-state index in [0.717, 1.165) is 38.5 Å². The van der Waals surface area contributed by atoms with Crippen LogP contribution in [0.15, 0.2) is 12.2 Å². The Morgan fingerprint density at radius 2 is 0.964 bits per heavy atom. The van der Waals surface area contributed by atoms with Gasteiger partial charge in [-0.3, -0.25) is 13.8 Å². The molecular weight excluding hydrogens is 707 g/mol. The van der Waals surface area contributed by atoms with E-state index in [9.17, 15) is 19.4 Å². The van der Waals surface area contributed by atoms with Crippen molar-refractivity contribution in [2.75, 3.05) is 40.9 Å². The Bertz CT molecular complexity index is 911. The van der Waals surface area contributed by atoms with Gasteiger partial charge in [-0.2, -0.15) is 0 Å². The van der Waals surface area contributed by atoms with Crippen molar-refractivity contribution in [1.29, 1.82) is 0 Å². The molecule has 0 spiro atoms. The van der Waals surface area contributed by atoms with Crippen LogP contribution in [0.25, 0.3) is 0 Å². The highest BCUT2D eigenvalue weighted by atomic mass is 31.2. The smallest absolute Gasteiger partial charge is 0.387 e. The maximum Gasteiger partial charge on any atom is 0.472 e. The summed E-state index contributed by atoms with van der Waals surface area (Å²) >= 11 is 0. The molecule has 328 valence electrons. The van der Waals surface area contributed by atoms with Crippen LogP contribution < -0.4 is 5.32 Å². The Balaban J connectivity index is 4.26. The molecule has 0 heterocycles. The fraction of sp³-hybridized carbons (Fsp3) is 0.935. The van der Waals surface area contributed by atoms with Crippen LogP contribution >= 0.6 is 7.82 Å². The van der Waals surface area contributed by atoms with E-state index < -0.39 is 20.0 Å². The summed E-state index contributed by atoms with van der Waals surface area (Å²) in [5.74, 6) is -0.174. The van der Waals surface area contributed by atoms with Crippen molar-refractivity contribution in [2.24, 2.45) is 0 Å². The number of allylic oxidation sites excluding steroid dienone is 1. The van der Waals surface area contributed by atoms with Gasteiger partial charge in [0.1, 0.15) is 13.2 Å². The molecule has 3 atom stereocenters. The minimum Gasteiger partial charge on any atom is -0.387 e. The molecule has 0 aromatic heterocycles. The van der Waals surface area contributed by atoms with Gasteiger partial charge in [-0.15, -0.1) is 0 Å². The highest BCUT2D eigenvalue weighted by Crippen LogP contribution is 2.43. The molecule has 9 heteroatoms. The molecule has 3 N–H and O–H groups in total. The van der Waals surface area contributed by atoms with Crippen molar-refractivity contribution < 1.29 is 32.9 Å². The SMILES string of the molecule is CCCCCCCCCCCC/C=C/C(O)C(COP(=O)(O)OCC[N+](C)(C)C)NC(=O)CCCCCCCCCCCCCCCCCCCCCCC. The van der Waals surface area contributed by atoms with E-state index in [-0.39, 0.29) is 19.1 Å². The second-order valence-corrected chi connectivity index (χ2v) is 18.9. The molecule has 8 nitrogen and oxygen atoms in total. The van der Waals surface area contributed by atoms with Gasteiger partial charge in [0.15, 0.2) is 0 Å². The Morgan fingerprint density at radius 1 is 0.600 bits per heavy atom. The average Bonchev–Trinajstić information content (AvgIpc) is 3.13. The minimum atomic E-state index is -4.33. The number of carbonyl (C=O) groups is 1. The average molecular weight is 802 g/mol. The first-order valence-electron chi connectivity index (χ1n) is 23.6. The molecule has 3 unspecified atom stereocenters. The molecule has 0 aliphatic carbocycles. The van der Waals surface area contributed by atoms with Gasteiger partial charge in [0.2, 0.25) is 5.91 Å². The molecule has 0 aromatic carbocycles. The van der Waals surface area contributed by atoms with E-state index >= 15 is 0 Å². The number of phosphoric acid groups is 1. The van der Waals surface area contributed by atoms with Crippen LogP contribution in [-0.4, -0.2) is 73.4 Å². The maximum atomic E-state index is 12.9. The number of nitrogens with one attached hydrogen (secondary N) is 1. The van der Waals surface area contributed by atoms with Gasteiger partial charge in [-0.1, -0.05) is 212 Å². The van der Waals surface area contributed by atoms with Crippen molar-refractivity contribution in [2.45, 2.75) is 238 Å². The second kappa shape index (κ2) is 38.7. The molecule has 0 fully saturated rings. The van der Waals surface area contributed by atoms with E-state index in [0.29, 0.717) is 17.4 Å². The number of nitrogens with zero attached hydrogens (tertiary/aromatic N) is 1. The number of aliphatic hydroxyl groups excluding tert-OH is 1. The van der Waals surface area contributed by atoms with Gasteiger partial charge < -0.3 is 19.8 Å². The van der Waals surface area contributed by atoms with Crippen molar-refractivity contribution in [3.63, 3.8) is 0 Å². The number of phosphoric ester groups is 1. The second-order valence-electron chi connectivity index (χ2n) is 17.5. The summed E-state index contributed by atoms with van der Waals surface area (Å²) in [6.07, 6.45) is 44.3. The van der Waals surface area contributed by atoms with Crippen molar-refractivity contribution in [3.05, 3.63) is 12.2 Å². The zero-order valence-electron chi connectivity index (χ0n) is 37.2. The first-order chi connectivity index (χ1) is 26.5. The van der Waals surface area contributed by atoms with Crippen LogP contribution in [0.1, 0.15) is 226 Å². The molecule has 0 aromatic rings. The number of likely N-dealkylation sites (N-methyl/N-ethyl adjacent to an activating group) is 1. The first kappa shape index (κ1) is 54.2. The third-order valence-corrected chi connectivity index (χ3v) is 11.7. The maximum absolute atomic E-state index is 12.9. The summed E-state index contributed by atoms with van der Waals surface area (Å²) in [6, 6.07) is -0.839. The van der Waals surface area contributed by atoms with Gasteiger partial charge in [-0.25, -0.2) is 4.57 Å². The van der Waals surface area contributed by atoms with Crippen molar-refractivity contribution in [3.8, 4) is 0 Å². The van der Waals surface area contributed by atoms with Crippen LogP contribution in [0, 0.1) is 0 Å². The lowest BCUT2D eigenvalue weighted by atomic mass is 10.0.